The van der Waals surface area contributed by atoms with Crippen molar-refractivity contribution in [2.45, 2.75) is 50.9 Å². The third-order valence-electron chi connectivity index (χ3n) is 6.06. The van der Waals surface area contributed by atoms with Crippen LogP contribution >= 0.6 is 0 Å². The summed E-state index contributed by atoms with van der Waals surface area (Å²) in [4.78, 5) is 54.3. The van der Waals surface area contributed by atoms with Gasteiger partial charge in [-0.25, -0.2) is 14.4 Å². The fraction of sp³-hybridized carbons (Fsp3) is 0.300. The van der Waals surface area contributed by atoms with Crippen LogP contribution in [0.3, 0.4) is 0 Å². The molecule has 1 aliphatic rings. The van der Waals surface area contributed by atoms with Gasteiger partial charge in [0.15, 0.2) is 6.10 Å². The molecule has 3 aromatic rings. The molecule has 0 saturated carbocycles. The second-order valence-corrected chi connectivity index (χ2v) is 15.3. The fourth-order valence-corrected chi connectivity index (χ4v) is 4.69. The molecule has 2 heterocycles. The van der Waals surface area contributed by atoms with Crippen LogP contribution in [0.25, 0.3) is 0 Å². The molecule has 0 radical (unpaired) electrons. The van der Waals surface area contributed by atoms with Gasteiger partial charge in [0.2, 0.25) is 11.5 Å². The van der Waals surface area contributed by atoms with Gasteiger partial charge in [-0.05, 0) is 30.3 Å². The Labute approximate surface area is 238 Å². The number of aromatic nitrogens is 2. The molecular formula is C30H31N3O7Si. The highest BCUT2D eigenvalue weighted by atomic mass is 28.3. The van der Waals surface area contributed by atoms with Crippen LogP contribution in [-0.4, -0.2) is 53.8 Å². The van der Waals surface area contributed by atoms with Crippen LogP contribution in [-0.2, 0) is 19.0 Å². The van der Waals surface area contributed by atoms with E-state index in [9.17, 15) is 19.2 Å². The smallest absolute Gasteiger partial charge is 0.351 e. The van der Waals surface area contributed by atoms with E-state index in [0.717, 1.165) is 0 Å². The molecule has 4 rings (SSSR count). The maximum Gasteiger partial charge on any atom is 0.351 e. The number of carbonyl (C=O) groups excluding carboxylic acids is 3. The van der Waals surface area contributed by atoms with Crippen molar-refractivity contribution in [1.82, 2.24) is 9.55 Å². The van der Waals surface area contributed by atoms with E-state index in [1.54, 1.807) is 60.7 Å². The molecule has 10 nitrogen and oxygen atoms in total. The third kappa shape index (κ3) is 7.56. The molecule has 1 aliphatic heterocycles. The molecular weight excluding hydrogens is 542 g/mol. The zero-order valence-corrected chi connectivity index (χ0v) is 24.2. The lowest BCUT2D eigenvalue weighted by molar-refractivity contribution is -0.114. The molecule has 0 bridgehead atoms. The maximum absolute atomic E-state index is 13.2. The molecule has 1 amide bonds. The van der Waals surface area contributed by atoms with Crippen molar-refractivity contribution in [3.05, 3.63) is 94.5 Å². The van der Waals surface area contributed by atoms with Crippen LogP contribution < -0.4 is 11.0 Å². The van der Waals surface area contributed by atoms with Crippen molar-refractivity contribution < 1.29 is 28.6 Å². The van der Waals surface area contributed by atoms with Crippen LogP contribution in [0.1, 0.15) is 40.3 Å². The predicted octanol–water partition coefficient (Wildman–Crippen LogP) is 3.82. The van der Waals surface area contributed by atoms with E-state index < -0.39 is 43.6 Å². The van der Waals surface area contributed by atoms with Gasteiger partial charge in [0.05, 0.1) is 11.1 Å². The summed E-state index contributed by atoms with van der Waals surface area (Å²) in [6, 6.07) is 18.4. The quantitative estimate of drug-likeness (QED) is 0.257. The number of nitrogens with one attached hydrogen (secondary N) is 1. The van der Waals surface area contributed by atoms with Crippen molar-refractivity contribution >= 4 is 31.7 Å². The highest BCUT2D eigenvalue weighted by molar-refractivity contribution is 6.83. The summed E-state index contributed by atoms with van der Waals surface area (Å²) < 4.78 is 19.3. The molecule has 1 N–H and O–H groups in total. The Morgan fingerprint density at radius 2 is 1.63 bits per heavy atom. The molecule has 2 aromatic carbocycles. The van der Waals surface area contributed by atoms with E-state index in [0.29, 0.717) is 11.1 Å². The molecule has 0 spiro atoms. The summed E-state index contributed by atoms with van der Waals surface area (Å²) in [6.45, 7) is 7.07. The molecule has 1 saturated heterocycles. The van der Waals surface area contributed by atoms with E-state index in [1.165, 1.54) is 23.8 Å². The number of anilines is 1. The average molecular weight is 574 g/mol. The minimum absolute atomic E-state index is 0.0307. The SMILES string of the molecule is CC(=O)Nc1ccn([C@@H]2C[C@@H](OC(=O)c3ccccc3)[C@](C#C[Si](C)(C)C)(COC(=O)c3ccccc3)O2)c(=O)n1. The van der Waals surface area contributed by atoms with Gasteiger partial charge < -0.3 is 19.5 Å². The average Bonchev–Trinajstić information content (AvgIpc) is 3.28. The number of hydrogen-bond acceptors (Lipinski definition) is 8. The first kappa shape index (κ1) is 29.4. The standard InChI is InChI=1S/C30H31N3O7Si/c1-21(34)31-25-15-17-33(29(37)32-25)26-19-24(39-28(36)23-13-9-6-10-14-23)30(40-26,16-18-41(2,3)4)20-38-27(35)22-11-7-5-8-12-22/h5-15,17,24,26H,19-20H2,1-4H3,(H,31,32,34,37)/t24-,26+,30+/m1/s1. The van der Waals surface area contributed by atoms with Crippen LogP contribution in [0.5, 0.6) is 0 Å². The number of rotatable bonds is 7. The molecule has 41 heavy (non-hydrogen) atoms. The largest absolute Gasteiger partial charge is 0.458 e. The normalized spacial score (nSPS) is 19.9. The second-order valence-electron chi connectivity index (χ2n) is 10.6. The minimum Gasteiger partial charge on any atom is -0.458 e. The zero-order valence-electron chi connectivity index (χ0n) is 23.2. The van der Waals surface area contributed by atoms with Gasteiger partial charge in [0, 0.05) is 19.5 Å². The van der Waals surface area contributed by atoms with Crippen LogP contribution in [0, 0.1) is 11.5 Å². The monoisotopic (exact) mass is 573 g/mol. The molecule has 0 aliphatic carbocycles. The molecule has 11 heteroatoms. The van der Waals surface area contributed by atoms with Gasteiger partial charge in [0.1, 0.15) is 26.7 Å². The van der Waals surface area contributed by atoms with E-state index in [4.69, 9.17) is 14.2 Å². The summed E-state index contributed by atoms with van der Waals surface area (Å²) in [5, 5.41) is 2.47. The number of hydrogen-bond donors (Lipinski definition) is 1. The van der Waals surface area contributed by atoms with Crippen molar-refractivity contribution in [1.29, 1.82) is 0 Å². The summed E-state index contributed by atoms with van der Waals surface area (Å²) in [5.74, 6) is 1.65. The third-order valence-corrected chi connectivity index (χ3v) is 6.94. The van der Waals surface area contributed by atoms with Gasteiger partial charge >= 0.3 is 17.6 Å². The summed E-state index contributed by atoms with van der Waals surface area (Å²) in [6.07, 6.45) is -0.502. The molecule has 3 atom stereocenters. The number of nitrogens with zero attached hydrogens (tertiary/aromatic N) is 2. The first-order chi connectivity index (χ1) is 19.5. The van der Waals surface area contributed by atoms with E-state index in [2.05, 4.69) is 21.8 Å². The fourth-order valence-electron chi connectivity index (χ4n) is 4.10. The lowest BCUT2D eigenvalue weighted by atomic mass is 9.98. The van der Waals surface area contributed by atoms with Crippen molar-refractivity contribution in [2.75, 3.05) is 11.9 Å². The molecule has 0 unspecified atom stereocenters. The highest BCUT2D eigenvalue weighted by Crippen LogP contribution is 2.39. The minimum atomic E-state index is -2.00. The van der Waals surface area contributed by atoms with E-state index in [1.807, 2.05) is 19.6 Å². The Morgan fingerprint density at radius 3 is 2.20 bits per heavy atom. The topological polar surface area (TPSA) is 126 Å². The second kappa shape index (κ2) is 12.3. The molecule has 1 fully saturated rings. The number of esters is 2. The zero-order chi connectivity index (χ0) is 29.6. The first-order valence-electron chi connectivity index (χ1n) is 13.0. The summed E-state index contributed by atoms with van der Waals surface area (Å²) in [7, 11) is -2.00. The number of carbonyl (C=O) groups is 3. The van der Waals surface area contributed by atoms with Crippen LogP contribution in [0.4, 0.5) is 5.82 Å². The van der Waals surface area contributed by atoms with Crippen LogP contribution in [0.15, 0.2) is 77.7 Å². The van der Waals surface area contributed by atoms with Gasteiger partial charge in [-0.2, -0.15) is 4.98 Å². The van der Waals surface area contributed by atoms with Crippen molar-refractivity contribution in [3.8, 4) is 11.5 Å². The van der Waals surface area contributed by atoms with Gasteiger partial charge in [-0.15, -0.1) is 5.54 Å². The summed E-state index contributed by atoms with van der Waals surface area (Å²) >= 11 is 0. The van der Waals surface area contributed by atoms with Gasteiger partial charge in [0.25, 0.3) is 0 Å². The first-order valence-corrected chi connectivity index (χ1v) is 16.5. The van der Waals surface area contributed by atoms with Crippen molar-refractivity contribution in [2.24, 2.45) is 0 Å². The van der Waals surface area contributed by atoms with E-state index >= 15 is 0 Å². The number of ether oxygens (including phenoxy) is 3. The predicted molar refractivity (Wildman–Crippen MR) is 154 cm³/mol. The Hall–Kier alpha value is -4.53. The highest BCUT2D eigenvalue weighted by Gasteiger charge is 2.52. The lowest BCUT2D eigenvalue weighted by Crippen LogP contribution is -2.46. The molecule has 1 aromatic heterocycles. The lowest BCUT2D eigenvalue weighted by Gasteiger charge is -2.29. The van der Waals surface area contributed by atoms with E-state index in [-0.39, 0.29) is 24.8 Å². The van der Waals surface area contributed by atoms with Gasteiger partial charge in [-0.1, -0.05) is 62.0 Å². The Bertz CT molecular complexity index is 1540. The van der Waals surface area contributed by atoms with Crippen molar-refractivity contribution in [3.63, 3.8) is 0 Å². The maximum atomic E-state index is 13.2. The Kier molecular flexibility index (Phi) is 8.85. The molecule has 212 valence electrons. The Morgan fingerprint density at radius 1 is 1.02 bits per heavy atom. The van der Waals surface area contributed by atoms with Gasteiger partial charge in [-0.3, -0.25) is 9.36 Å². The number of benzene rings is 2. The Balaban J connectivity index is 1.73. The summed E-state index contributed by atoms with van der Waals surface area (Å²) in [5.41, 5.74) is 1.65. The number of amides is 1. The van der Waals surface area contributed by atoms with Crippen LogP contribution in [0.2, 0.25) is 19.6 Å².